The van der Waals surface area contributed by atoms with E-state index in [0.717, 1.165) is 17.6 Å². The fourth-order valence-corrected chi connectivity index (χ4v) is 4.95. The first-order valence-corrected chi connectivity index (χ1v) is 12.1. The van der Waals surface area contributed by atoms with Crippen LogP contribution < -0.4 is 0 Å². The molecule has 1 aromatic rings. The number of alkyl halides is 1. The van der Waals surface area contributed by atoms with Crippen molar-refractivity contribution in [3.8, 4) is 0 Å². The van der Waals surface area contributed by atoms with Gasteiger partial charge in [0.1, 0.15) is 0 Å². The third kappa shape index (κ3) is 4.30. The molecule has 20 heavy (non-hydrogen) atoms. The van der Waals surface area contributed by atoms with Gasteiger partial charge >= 0.3 is 0 Å². The predicted octanol–water partition coefficient (Wildman–Crippen LogP) is 5.10. The van der Waals surface area contributed by atoms with Crippen LogP contribution in [0.2, 0.25) is 18.1 Å². The van der Waals surface area contributed by atoms with E-state index in [2.05, 4.69) is 96.0 Å². The standard InChI is InChI=1S/C14H26BrIN2OSi/c1-10(19-20(6,7)14(3,4)5)9-18-12(8-15)13(16)11(2)17-18/h10H,8-9H2,1-7H3/t10-/m0/s1. The van der Waals surface area contributed by atoms with Crippen molar-refractivity contribution in [2.45, 2.75) is 70.7 Å². The van der Waals surface area contributed by atoms with Crippen LogP contribution in [0.25, 0.3) is 0 Å². The second-order valence-corrected chi connectivity index (χ2v) is 13.2. The fourth-order valence-electron chi connectivity index (χ4n) is 1.85. The highest BCUT2D eigenvalue weighted by Crippen LogP contribution is 2.37. The van der Waals surface area contributed by atoms with Gasteiger partial charge in [-0.1, -0.05) is 36.7 Å². The van der Waals surface area contributed by atoms with Crippen molar-refractivity contribution in [2.75, 3.05) is 0 Å². The first kappa shape index (κ1) is 18.6. The van der Waals surface area contributed by atoms with E-state index < -0.39 is 8.32 Å². The molecular weight excluding hydrogens is 447 g/mol. The third-order valence-corrected chi connectivity index (χ3v) is 10.6. The zero-order valence-electron chi connectivity index (χ0n) is 13.6. The van der Waals surface area contributed by atoms with Crippen LogP contribution in [0.5, 0.6) is 0 Å². The second kappa shape index (κ2) is 6.79. The lowest BCUT2D eigenvalue weighted by molar-refractivity contribution is 0.173. The van der Waals surface area contributed by atoms with Crippen molar-refractivity contribution < 1.29 is 4.43 Å². The van der Waals surface area contributed by atoms with Gasteiger partial charge in [0.2, 0.25) is 0 Å². The Bertz CT molecular complexity index is 468. The van der Waals surface area contributed by atoms with Crippen molar-refractivity contribution in [1.82, 2.24) is 9.78 Å². The highest BCUT2D eigenvalue weighted by Gasteiger charge is 2.38. The van der Waals surface area contributed by atoms with Gasteiger partial charge in [0.15, 0.2) is 8.32 Å². The highest BCUT2D eigenvalue weighted by molar-refractivity contribution is 14.1. The van der Waals surface area contributed by atoms with Gasteiger partial charge in [-0.05, 0) is 54.6 Å². The molecule has 1 heterocycles. The summed E-state index contributed by atoms with van der Waals surface area (Å²) in [5.74, 6) is 0. The predicted molar refractivity (Wildman–Crippen MR) is 100 cm³/mol. The molecule has 116 valence electrons. The number of nitrogens with zero attached hydrogens (tertiary/aromatic N) is 2. The summed E-state index contributed by atoms with van der Waals surface area (Å²) in [6.07, 6.45) is 0.184. The molecule has 0 aliphatic rings. The van der Waals surface area contributed by atoms with E-state index in [1.807, 2.05) is 0 Å². The van der Waals surface area contributed by atoms with Crippen LogP contribution in [0, 0.1) is 10.5 Å². The van der Waals surface area contributed by atoms with Crippen LogP contribution in [0.3, 0.4) is 0 Å². The number of aryl methyl sites for hydroxylation is 1. The molecule has 6 heteroatoms. The van der Waals surface area contributed by atoms with Gasteiger partial charge in [0.05, 0.1) is 27.6 Å². The van der Waals surface area contributed by atoms with Crippen molar-refractivity contribution >= 4 is 46.8 Å². The molecule has 0 spiro atoms. The zero-order valence-corrected chi connectivity index (χ0v) is 18.3. The first-order chi connectivity index (χ1) is 8.99. The molecule has 0 aliphatic carbocycles. The Morgan fingerprint density at radius 2 is 1.95 bits per heavy atom. The van der Waals surface area contributed by atoms with Crippen LogP contribution in [-0.4, -0.2) is 24.2 Å². The average Bonchev–Trinajstić information content (AvgIpc) is 2.51. The molecule has 3 nitrogen and oxygen atoms in total. The Kier molecular flexibility index (Phi) is 6.33. The molecule has 0 bridgehead atoms. The summed E-state index contributed by atoms with van der Waals surface area (Å²) in [6.45, 7) is 16.5. The van der Waals surface area contributed by atoms with Crippen molar-refractivity contribution in [3.05, 3.63) is 15.0 Å². The van der Waals surface area contributed by atoms with Crippen molar-refractivity contribution in [1.29, 1.82) is 0 Å². The maximum atomic E-state index is 6.42. The number of hydrogen-bond donors (Lipinski definition) is 0. The third-order valence-electron chi connectivity index (χ3n) is 4.01. The minimum atomic E-state index is -1.71. The van der Waals surface area contributed by atoms with Gasteiger partial charge < -0.3 is 4.43 Å². The Morgan fingerprint density at radius 1 is 1.40 bits per heavy atom. The number of rotatable bonds is 5. The van der Waals surface area contributed by atoms with Gasteiger partial charge in [-0.25, -0.2) is 0 Å². The lowest BCUT2D eigenvalue weighted by atomic mass is 10.2. The second-order valence-electron chi connectivity index (χ2n) is 6.85. The molecule has 0 N–H and O–H groups in total. The monoisotopic (exact) mass is 472 g/mol. The Morgan fingerprint density at radius 3 is 2.40 bits per heavy atom. The van der Waals surface area contributed by atoms with Gasteiger partial charge in [-0.2, -0.15) is 5.10 Å². The average molecular weight is 473 g/mol. The van der Waals surface area contributed by atoms with Crippen LogP contribution in [-0.2, 0) is 16.3 Å². The smallest absolute Gasteiger partial charge is 0.192 e. The lowest BCUT2D eigenvalue weighted by Crippen LogP contribution is -2.44. The van der Waals surface area contributed by atoms with Gasteiger partial charge in [-0.15, -0.1) is 0 Å². The zero-order chi connectivity index (χ0) is 15.7. The van der Waals surface area contributed by atoms with E-state index in [9.17, 15) is 0 Å². The SMILES string of the molecule is Cc1nn(C[C@H](C)O[Si](C)(C)C(C)(C)C)c(CBr)c1I. The summed E-state index contributed by atoms with van der Waals surface area (Å²) in [6, 6.07) is 0. The Hall–Kier alpha value is 0.597. The van der Waals surface area contributed by atoms with Crippen molar-refractivity contribution in [3.63, 3.8) is 0 Å². The minimum absolute atomic E-state index is 0.184. The first-order valence-electron chi connectivity index (χ1n) is 6.95. The maximum Gasteiger partial charge on any atom is 0.192 e. The number of aromatic nitrogens is 2. The van der Waals surface area contributed by atoms with Crippen LogP contribution in [0.4, 0.5) is 0 Å². The summed E-state index contributed by atoms with van der Waals surface area (Å²) < 4.78 is 9.75. The quantitative estimate of drug-likeness (QED) is 0.338. The van der Waals surface area contributed by atoms with E-state index in [-0.39, 0.29) is 11.1 Å². The summed E-state index contributed by atoms with van der Waals surface area (Å²) in [7, 11) is -1.71. The highest BCUT2D eigenvalue weighted by atomic mass is 127. The van der Waals surface area contributed by atoms with E-state index in [1.54, 1.807) is 0 Å². The summed E-state index contributed by atoms with van der Waals surface area (Å²) in [5, 5.41) is 5.70. The topological polar surface area (TPSA) is 27.1 Å². The fraction of sp³-hybridized carbons (Fsp3) is 0.786. The molecular formula is C14H26BrIN2OSi. The molecule has 1 atom stereocenters. The van der Waals surface area contributed by atoms with E-state index in [0.29, 0.717) is 0 Å². The van der Waals surface area contributed by atoms with Crippen LogP contribution >= 0.6 is 38.5 Å². The van der Waals surface area contributed by atoms with E-state index >= 15 is 0 Å². The van der Waals surface area contributed by atoms with Crippen LogP contribution in [0.15, 0.2) is 0 Å². The molecule has 1 rings (SSSR count). The minimum Gasteiger partial charge on any atom is -0.412 e. The van der Waals surface area contributed by atoms with Crippen molar-refractivity contribution in [2.24, 2.45) is 0 Å². The molecule has 0 saturated carbocycles. The molecule has 0 radical (unpaired) electrons. The molecule has 0 fully saturated rings. The summed E-state index contributed by atoms with van der Waals surface area (Å²) in [4.78, 5) is 0. The molecule has 0 aliphatic heterocycles. The summed E-state index contributed by atoms with van der Waals surface area (Å²) >= 11 is 5.93. The largest absolute Gasteiger partial charge is 0.412 e. The Balaban J connectivity index is 2.82. The number of halogens is 2. The van der Waals surface area contributed by atoms with Gasteiger partial charge in [-0.3, -0.25) is 4.68 Å². The maximum absolute atomic E-state index is 6.42. The van der Waals surface area contributed by atoms with Gasteiger partial charge in [0, 0.05) is 5.33 Å². The van der Waals surface area contributed by atoms with E-state index in [1.165, 1.54) is 9.26 Å². The number of hydrogen-bond acceptors (Lipinski definition) is 2. The lowest BCUT2D eigenvalue weighted by Gasteiger charge is -2.38. The molecule has 0 saturated heterocycles. The molecule has 1 aromatic heterocycles. The Labute approximate surface area is 146 Å². The molecule has 0 aromatic carbocycles. The summed E-state index contributed by atoms with van der Waals surface area (Å²) in [5.41, 5.74) is 2.34. The molecule has 0 amide bonds. The van der Waals surface area contributed by atoms with Crippen LogP contribution in [0.1, 0.15) is 39.1 Å². The molecule has 0 unspecified atom stereocenters. The van der Waals surface area contributed by atoms with E-state index in [4.69, 9.17) is 4.43 Å². The van der Waals surface area contributed by atoms with Gasteiger partial charge in [0.25, 0.3) is 0 Å². The normalized spacial score (nSPS) is 14.7.